The van der Waals surface area contributed by atoms with Gasteiger partial charge in [0.1, 0.15) is 29.2 Å². The Hall–Kier alpha value is -5.17. The van der Waals surface area contributed by atoms with Crippen molar-refractivity contribution in [3.8, 4) is 17.1 Å². The molecule has 0 radical (unpaired) electrons. The number of hydrogen-bond donors (Lipinski definition) is 3. The summed E-state index contributed by atoms with van der Waals surface area (Å²) in [6.07, 6.45) is 8.58. The number of para-hydroxylation sites is 2. The molecule has 3 heterocycles. The van der Waals surface area contributed by atoms with Crippen LogP contribution in [0.2, 0.25) is 0 Å². The van der Waals surface area contributed by atoms with Crippen molar-refractivity contribution in [3.63, 3.8) is 0 Å². The molecular formula is C44H52N6O6S. The Morgan fingerprint density at radius 2 is 1.70 bits per heavy atom. The van der Waals surface area contributed by atoms with Gasteiger partial charge in [0.2, 0.25) is 21.8 Å². The number of sulfonamides is 1. The molecule has 13 heteroatoms. The third-order valence-electron chi connectivity index (χ3n) is 12.2. The average Bonchev–Trinajstić information content (AvgIpc) is 4.02. The monoisotopic (exact) mass is 792 g/mol. The molecule has 5 atom stereocenters. The fourth-order valence-corrected chi connectivity index (χ4v) is 9.67. The lowest BCUT2D eigenvalue weighted by atomic mass is 10.0. The van der Waals surface area contributed by atoms with Crippen LogP contribution in [0.25, 0.3) is 22.2 Å². The quantitative estimate of drug-likeness (QED) is 0.163. The van der Waals surface area contributed by atoms with Gasteiger partial charge in [-0.15, -0.1) is 0 Å². The Labute approximate surface area is 334 Å². The molecule has 3 N–H and O–H groups in total. The Morgan fingerprint density at radius 3 is 2.42 bits per heavy atom. The first-order valence-corrected chi connectivity index (χ1v) is 21.8. The number of nitrogens with one attached hydrogen (secondary N) is 3. The second-order valence-corrected chi connectivity index (χ2v) is 18.9. The summed E-state index contributed by atoms with van der Waals surface area (Å²) in [5.41, 5.74) is 3.03. The SMILES string of the molecule is CC(C)n1c(O[C@@H]2C[C@H]3C(=O)N[C@]4(C(=O)NS(=O)(=O)C5(C)CC5)C[C@H]4/C=C\CCCCC[C@H](Nc4ccccc4)C(=O)N3C2)nc2c(-c3ccccc3)cccc21. The summed E-state index contributed by atoms with van der Waals surface area (Å²) in [5, 5.41) is 6.43. The number of anilines is 1. The first-order chi connectivity index (χ1) is 27.4. The van der Waals surface area contributed by atoms with E-state index in [-0.39, 0.29) is 37.3 Å². The Morgan fingerprint density at radius 1 is 0.965 bits per heavy atom. The van der Waals surface area contributed by atoms with E-state index in [1.165, 1.54) is 0 Å². The number of rotatable bonds is 9. The van der Waals surface area contributed by atoms with Crippen LogP contribution in [0, 0.1) is 5.92 Å². The predicted molar refractivity (Wildman–Crippen MR) is 220 cm³/mol. The molecule has 4 aliphatic rings. The first-order valence-electron chi connectivity index (χ1n) is 20.3. The summed E-state index contributed by atoms with van der Waals surface area (Å²) in [6.45, 7) is 5.87. The number of fused-ring (bicyclic) bond motifs is 3. The van der Waals surface area contributed by atoms with Gasteiger partial charge in [-0.05, 0) is 83.1 Å². The van der Waals surface area contributed by atoms with E-state index in [0.29, 0.717) is 25.3 Å². The zero-order valence-corrected chi connectivity index (χ0v) is 33.6. The number of imidazole rings is 1. The summed E-state index contributed by atoms with van der Waals surface area (Å²) in [4.78, 5) is 50.0. The van der Waals surface area contributed by atoms with Crippen molar-refractivity contribution >= 4 is 44.5 Å². The smallest absolute Gasteiger partial charge is 0.297 e. The molecule has 1 aromatic heterocycles. The molecule has 2 aliphatic carbocycles. The van der Waals surface area contributed by atoms with Gasteiger partial charge in [0.05, 0.1) is 16.8 Å². The number of benzene rings is 3. The predicted octanol–water partition coefficient (Wildman–Crippen LogP) is 6.51. The number of nitrogens with zero attached hydrogens (tertiary/aromatic N) is 3. The van der Waals surface area contributed by atoms with E-state index >= 15 is 0 Å². The minimum Gasteiger partial charge on any atom is -0.459 e. The van der Waals surface area contributed by atoms with Gasteiger partial charge in [-0.3, -0.25) is 23.7 Å². The summed E-state index contributed by atoms with van der Waals surface area (Å²) in [7, 11) is -3.96. The molecule has 0 unspecified atom stereocenters. The van der Waals surface area contributed by atoms with Gasteiger partial charge in [0.25, 0.3) is 11.9 Å². The molecule has 12 nitrogen and oxygen atoms in total. The van der Waals surface area contributed by atoms with Crippen molar-refractivity contribution in [2.24, 2.45) is 5.92 Å². The maximum atomic E-state index is 14.8. The topological polar surface area (TPSA) is 152 Å². The van der Waals surface area contributed by atoms with Crippen molar-refractivity contribution in [1.29, 1.82) is 0 Å². The zero-order valence-electron chi connectivity index (χ0n) is 32.8. The van der Waals surface area contributed by atoms with Crippen LogP contribution in [0.4, 0.5) is 5.69 Å². The third kappa shape index (κ3) is 7.65. The van der Waals surface area contributed by atoms with Gasteiger partial charge < -0.3 is 20.3 Å². The number of aromatic nitrogens is 2. The number of carbonyl (C=O) groups excluding carboxylic acids is 3. The molecule has 57 heavy (non-hydrogen) atoms. The standard InChI is InChI=1S/C44H52N6O6S/c1-29(2)50-36-23-15-21-34(30-16-9-7-10-17-30)38(36)46-42(50)56-33-26-37-39(51)47-44(41(53)48-57(54,55)43(3)24-25-43)27-31(44)18-11-5-4-6-14-22-35(40(52)49(37)28-33)45-32-19-12-8-13-20-32/h7-13,15-21,23,29,31,33,35,37,45H,4-6,14,22,24-28H2,1-3H3,(H,47,51)(H,48,53)/b18-11-/t31-,33-,35+,37+,44-/m1/s1. The average molecular weight is 793 g/mol. The molecule has 4 aromatic rings. The number of ether oxygens (including phenoxy) is 1. The molecule has 3 aromatic carbocycles. The zero-order chi connectivity index (χ0) is 40.0. The fraction of sp³-hybridized carbons (Fsp3) is 0.455. The summed E-state index contributed by atoms with van der Waals surface area (Å²) in [5.74, 6) is -1.89. The van der Waals surface area contributed by atoms with Gasteiger partial charge in [-0.25, -0.2) is 8.42 Å². The lowest BCUT2D eigenvalue weighted by molar-refractivity contribution is -0.140. The highest BCUT2D eigenvalue weighted by Gasteiger charge is 2.63. The lowest BCUT2D eigenvalue weighted by Gasteiger charge is -2.30. The van der Waals surface area contributed by atoms with E-state index in [1.54, 1.807) is 11.8 Å². The molecule has 3 fully saturated rings. The van der Waals surface area contributed by atoms with Crippen LogP contribution in [0.1, 0.15) is 84.6 Å². The van der Waals surface area contributed by atoms with Gasteiger partial charge in [-0.1, -0.05) is 85.7 Å². The van der Waals surface area contributed by atoms with Crippen molar-refractivity contribution in [2.75, 3.05) is 11.9 Å². The molecule has 0 spiro atoms. The highest BCUT2D eigenvalue weighted by molar-refractivity contribution is 7.91. The van der Waals surface area contributed by atoms with Crippen LogP contribution in [0.3, 0.4) is 0 Å². The minimum atomic E-state index is -3.96. The highest BCUT2D eigenvalue weighted by atomic mass is 32.2. The van der Waals surface area contributed by atoms with Gasteiger partial charge >= 0.3 is 0 Å². The van der Waals surface area contributed by atoms with E-state index in [4.69, 9.17) is 9.72 Å². The molecule has 0 bridgehead atoms. The van der Waals surface area contributed by atoms with Crippen molar-refractivity contribution in [2.45, 2.75) is 113 Å². The van der Waals surface area contributed by atoms with Crippen molar-refractivity contribution < 1.29 is 27.5 Å². The third-order valence-corrected chi connectivity index (χ3v) is 14.3. The van der Waals surface area contributed by atoms with Crippen LogP contribution >= 0.6 is 0 Å². The van der Waals surface area contributed by atoms with Crippen LogP contribution in [-0.4, -0.2) is 75.6 Å². The second kappa shape index (κ2) is 15.3. The van der Waals surface area contributed by atoms with E-state index in [2.05, 4.69) is 29.2 Å². The van der Waals surface area contributed by atoms with Crippen LogP contribution in [-0.2, 0) is 24.4 Å². The molecule has 3 amide bonds. The van der Waals surface area contributed by atoms with Gasteiger partial charge in [-0.2, -0.15) is 4.98 Å². The molecule has 2 aliphatic heterocycles. The van der Waals surface area contributed by atoms with E-state index in [9.17, 15) is 22.8 Å². The largest absolute Gasteiger partial charge is 0.459 e. The summed E-state index contributed by atoms with van der Waals surface area (Å²) >= 11 is 0. The van der Waals surface area contributed by atoms with Crippen LogP contribution in [0.5, 0.6) is 6.01 Å². The number of hydrogen-bond acceptors (Lipinski definition) is 8. The van der Waals surface area contributed by atoms with Crippen molar-refractivity contribution in [3.05, 3.63) is 91.0 Å². The summed E-state index contributed by atoms with van der Waals surface area (Å²) in [6, 6.07) is 24.5. The molecule has 2 saturated carbocycles. The number of allylic oxidation sites excluding steroid dienone is 1. The van der Waals surface area contributed by atoms with Crippen molar-refractivity contribution in [1.82, 2.24) is 24.5 Å². The van der Waals surface area contributed by atoms with Crippen LogP contribution < -0.4 is 20.1 Å². The van der Waals surface area contributed by atoms with Crippen LogP contribution in [0.15, 0.2) is 91.0 Å². The number of amides is 3. The van der Waals surface area contributed by atoms with E-state index in [0.717, 1.165) is 53.5 Å². The fourth-order valence-electron chi connectivity index (χ4n) is 8.36. The Balaban J connectivity index is 1.13. The molecule has 300 valence electrons. The first kappa shape index (κ1) is 38.7. The second-order valence-electron chi connectivity index (χ2n) is 16.7. The normalized spacial score (nSPS) is 26.7. The lowest BCUT2D eigenvalue weighted by Crippen LogP contribution is -2.58. The summed E-state index contributed by atoms with van der Waals surface area (Å²) < 4.78 is 36.6. The van der Waals surface area contributed by atoms with Gasteiger partial charge in [0.15, 0.2) is 0 Å². The van der Waals surface area contributed by atoms with E-state index < -0.39 is 50.3 Å². The maximum absolute atomic E-state index is 14.8. The Bertz CT molecular complexity index is 2290. The highest BCUT2D eigenvalue weighted by Crippen LogP contribution is 2.47. The minimum absolute atomic E-state index is 0.0142. The molecule has 1 saturated heterocycles. The van der Waals surface area contributed by atoms with Gasteiger partial charge in [0, 0.05) is 29.6 Å². The molecule has 8 rings (SSSR count). The number of carbonyl (C=O) groups is 3. The molecular weight excluding hydrogens is 741 g/mol. The maximum Gasteiger partial charge on any atom is 0.297 e. The Kier molecular flexibility index (Phi) is 10.4. The van der Waals surface area contributed by atoms with E-state index in [1.807, 2.05) is 95.6 Å².